The van der Waals surface area contributed by atoms with Gasteiger partial charge in [-0.15, -0.1) is 0 Å². The van der Waals surface area contributed by atoms with Gasteiger partial charge < -0.3 is 10.1 Å². The predicted octanol–water partition coefficient (Wildman–Crippen LogP) is 2.06. The standard InChI is InChI=1S/C16H16N2O4/c19-12-18(21)10-9-17-16(20)13-5-4-8-15(11-13)22-14-6-2-1-3-7-14/h1-8,11-12,21H,9-10H2,(H,17,20). The zero-order chi connectivity index (χ0) is 15.8. The molecule has 0 bridgehead atoms. The second-order valence-electron chi connectivity index (χ2n) is 4.47. The van der Waals surface area contributed by atoms with Crippen molar-refractivity contribution in [2.45, 2.75) is 0 Å². The zero-order valence-electron chi connectivity index (χ0n) is 11.8. The van der Waals surface area contributed by atoms with Crippen molar-refractivity contribution >= 4 is 12.3 Å². The molecule has 0 radical (unpaired) electrons. The van der Waals surface area contributed by atoms with E-state index in [2.05, 4.69) is 5.32 Å². The minimum Gasteiger partial charge on any atom is -0.457 e. The molecule has 114 valence electrons. The van der Waals surface area contributed by atoms with Crippen molar-refractivity contribution in [1.82, 2.24) is 10.4 Å². The maximum absolute atomic E-state index is 12.0. The Balaban J connectivity index is 1.95. The summed E-state index contributed by atoms with van der Waals surface area (Å²) in [6, 6.07) is 16.0. The second-order valence-corrected chi connectivity index (χ2v) is 4.47. The first-order valence-corrected chi connectivity index (χ1v) is 6.71. The maximum atomic E-state index is 12.0. The molecule has 0 fully saturated rings. The molecule has 2 rings (SSSR count). The Morgan fingerprint density at radius 3 is 2.59 bits per heavy atom. The second kappa shape index (κ2) is 7.80. The molecule has 0 heterocycles. The van der Waals surface area contributed by atoms with Crippen molar-refractivity contribution in [2.75, 3.05) is 13.1 Å². The van der Waals surface area contributed by atoms with Gasteiger partial charge in [-0.05, 0) is 30.3 Å². The minimum atomic E-state index is -0.308. The molecule has 0 unspecified atom stereocenters. The predicted molar refractivity (Wildman–Crippen MR) is 79.8 cm³/mol. The number of amides is 2. The van der Waals surface area contributed by atoms with Gasteiger partial charge in [0.15, 0.2) is 0 Å². The summed E-state index contributed by atoms with van der Waals surface area (Å²) in [4.78, 5) is 22.2. The Bertz CT molecular complexity index is 631. The summed E-state index contributed by atoms with van der Waals surface area (Å²) in [6.07, 6.45) is 0.278. The van der Waals surface area contributed by atoms with Gasteiger partial charge in [0.25, 0.3) is 5.91 Å². The van der Waals surface area contributed by atoms with E-state index >= 15 is 0 Å². The fraction of sp³-hybridized carbons (Fsp3) is 0.125. The number of hydrogen-bond donors (Lipinski definition) is 2. The third-order valence-electron chi connectivity index (χ3n) is 2.82. The van der Waals surface area contributed by atoms with Crippen molar-refractivity contribution in [1.29, 1.82) is 0 Å². The van der Waals surface area contributed by atoms with Gasteiger partial charge in [0.2, 0.25) is 6.41 Å². The third-order valence-corrected chi connectivity index (χ3v) is 2.82. The normalized spacial score (nSPS) is 9.86. The molecule has 2 N–H and O–H groups in total. The summed E-state index contributed by atoms with van der Waals surface area (Å²) >= 11 is 0. The molecule has 0 atom stereocenters. The molecular weight excluding hydrogens is 284 g/mol. The lowest BCUT2D eigenvalue weighted by molar-refractivity contribution is -0.149. The highest BCUT2D eigenvalue weighted by molar-refractivity contribution is 5.94. The summed E-state index contributed by atoms with van der Waals surface area (Å²) in [5.74, 6) is 0.926. The summed E-state index contributed by atoms with van der Waals surface area (Å²) in [5, 5.41) is 12.0. The van der Waals surface area contributed by atoms with Crippen molar-refractivity contribution < 1.29 is 19.5 Å². The van der Waals surface area contributed by atoms with E-state index in [0.717, 1.165) is 0 Å². The van der Waals surface area contributed by atoms with E-state index in [4.69, 9.17) is 9.94 Å². The Hall–Kier alpha value is -2.86. The maximum Gasteiger partial charge on any atom is 0.251 e. The number of nitrogens with one attached hydrogen (secondary N) is 1. The molecule has 2 aromatic rings. The molecule has 0 spiro atoms. The van der Waals surface area contributed by atoms with Gasteiger partial charge in [0, 0.05) is 12.1 Å². The summed E-state index contributed by atoms with van der Waals surface area (Å²) in [7, 11) is 0. The van der Waals surface area contributed by atoms with Crippen LogP contribution in [0.2, 0.25) is 0 Å². The first-order chi connectivity index (χ1) is 10.7. The van der Waals surface area contributed by atoms with Crippen LogP contribution in [0.25, 0.3) is 0 Å². The Labute approximate surface area is 127 Å². The van der Waals surface area contributed by atoms with Crippen LogP contribution in [-0.4, -0.2) is 35.7 Å². The molecule has 6 heteroatoms. The van der Waals surface area contributed by atoms with Crippen LogP contribution in [0.3, 0.4) is 0 Å². The van der Waals surface area contributed by atoms with E-state index in [9.17, 15) is 9.59 Å². The van der Waals surface area contributed by atoms with Gasteiger partial charge in [0.1, 0.15) is 11.5 Å². The molecule has 0 saturated carbocycles. The van der Waals surface area contributed by atoms with E-state index in [0.29, 0.717) is 22.1 Å². The van der Waals surface area contributed by atoms with Crippen LogP contribution in [0.5, 0.6) is 11.5 Å². The van der Waals surface area contributed by atoms with Gasteiger partial charge in [0.05, 0.1) is 6.54 Å². The summed E-state index contributed by atoms with van der Waals surface area (Å²) < 4.78 is 5.65. The van der Waals surface area contributed by atoms with Crippen LogP contribution in [0.15, 0.2) is 54.6 Å². The van der Waals surface area contributed by atoms with Crippen LogP contribution in [-0.2, 0) is 4.79 Å². The molecule has 6 nitrogen and oxygen atoms in total. The molecule has 2 aromatic carbocycles. The molecule has 0 aliphatic heterocycles. The Morgan fingerprint density at radius 2 is 1.86 bits per heavy atom. The Kier molecular flexibility index (Phi) is 5.50. The first-order valence-electron chi connectivity index (χ1n) is 6.71. The number of carbonyl (C=O) groups excluding carboxylic acids is 2. The monoisotopic (exact) mass is 300 g/mol. The largest absolute Gasteiger partial charge is 0.457 e. The van der Waals surface area contributed by atoms with Crippen LogP contribution in [0.1, 0.15) is 10.4 Å². The van der Waals surface area contributed by atoms with E-state index in [-0.39, 0.29) is 25.4 Å². The first kappa shape index (κ1) is 15.5. The average Bonchev–Trinajstić information content (AvgIpc) is 2.55. The number of benzene rings is 2. The van der Waals surface area contributed by atoms with Crippen LogP contribution in [0, 0.1) is 0 Å². The van der Waals surface area contributed by atoms with Crippen molar-refractivity contribution in [2.24, 2.45) is 0 Å². The average molecular weight is 300 g/mol. The molecule has 22 heavy (non-hydrogen) atoms. The smallest absolute Gasteiger partial charge is 0.251 e. The molecule has 0 aliphatic carbocycles. The number of nitrogens with zero attached hydrogens (tertiary/aromatic N) is 1. The highest BCUT2D eigenvalue weighted by atomic mass is 16.5. The number of hydrogen-bond acceptors (Lipinski definition) is 4. The molecule has 0 aromatic heterocycles. The number of hydroxylamine groups is 2. The minimum absolute atomic E-state index is 0.0233. The fourth-order valence-corrected chi connectivity index (χ4v) is 1.76. The lowest BCUT2D eigenvalue weighted by atomic mass is 10.2. The van der Waals surface area contributed by atoms with Gasteiger partial charge in [-0.25, -0.2) is 5.06 Å². The van der Waals surface area contributed by atoms with Gasteiger partial charge in [-0.2, -0.15) is 0 Å². The van der Waals surface area contributed by atoms with Gasteiger partial charge >= 0.3 is 0 Å². The quantitative estimate of drug-likeness (QED) is 0.466. The SMILES string of the molecule is O=CN(O)CCNC(=O)c1cccc(Oc2ccccc2)c1. The van der Waals surface area contributed by atoms with Crippen molar-refractivity contribution in [3.8, 4) is 11.5 Å². The van der Waals surface area contributed by atoms with E-state index in [1.807, 2.05) is 30.3 Å². The van der Waals surface area contributed by atoms with E-state index in [1.165, 1.54) is 0 Å². The van der Waals surface area contributed by atoms with Crippen molar-refractivity contribution in [3.63, 3.8) is 0 Å². The number of ether oxygens (including phenoxy) is 1. The lowest BCUT2D eigenvalue weighted by Crippen LogP contribution is -2.32. The molecular formula is C16H16N2O4. The zero-order valence-corrected chi connectivity index (χ0v) is 11.8. The number of para-hydroxylation sites is 1. The Morgan fingerprint density at radius 1 is 1.14 bits per heavy atom. The van der Waals surface area contributed by atoms with E-state index < -0.39 is 0 Å². The summed E-state index contributed by atoms with van der Waals surface area (Å²) in [5.41, 5.74) is 0.434. The van der Waals surface area contributed by atoms with Crippen LogP contribution >= 0.6 is 0 Å². The van der Waals surface area contributed by atoms with Gasteiger partial charge in [-0.1, -0.05) is 24.3 Å². The van der Waals surface area contributed by atoms with E-state index in [1.54, 1.807) is 24.3 Å². The van der Waals surface area contributed by atoms with Crippen molar-refractivity contribution in [3.05, 3.63) is 60.2 Å². The number of rotatable bonds is 7. The summed E-state index contributed by atoms with van der Waals surface area (Å²) in [6.45, 7) is 0.174. The fourth-order valence-electron chi connectivity index (χ4n) is 1.76. The van der Waals surface area contributed by atoms with Crippen LogP contribution in [0.4, 0.5) is 0 Å². The molecule has 0 aliphatic rings. The lowest BCUT2D eigenvalue weighted by Gasteiger charge is -2.10. The van der Waals surface area contributed by atoms with Crippen LogP contribution < -0.4 is 10.1 Å². The topological polar surface area (TPSA) is 78.9 Å². The highest BCUT2D eigenvalue weighted by Crippen LogP contribution is 2.21. The third kappa shape index (κ3) is 4.60. The number of carbonyl (C=O) groups is 2. The molecule has 2 amide bonds. The molecule has 0 saturated heterocycles. The highest BCUT2D eigenvalue weighted by Gasteiger charge is 2.07. The van der Waals surface area contributed by atoms with Gasteiger partial charge in [-0.3, -0.25) is 14.8 Å².